The molecule has 0 unspecified atom stereocenters. The van der Waals surface area contributed by atoms with Gasteiger partial charge >= 0.3 is 0 Å². The van der Waals surface area contributed by atoms with Crippen LogP contribution in [0.2, 0.25) is 0 Å². The second-order valence-electron chi connectivity index (χ2n) is 5.57. The van der Waals surface area contributed by atoms with Gasteiger partial charge in [-0.1, -0.05) is 12.1 Å². The van der Waals surface area contributed by atoms with Crippen LogP contribution in [0.15, 0.2) is 24.3 Å². The van der Waals surface area contributed by atoms with E-state index in [0.717, 1.165) is 11.3 Å². The molecule has 19 heavy (non-hydrogen) atoms. The zero-order valence-corrected chi connectivity index (χ0v) is 11.8. The van der Waals surface area contributed by atoms with Crippen molar-refractivity contribution in [3.8, 4) is 0 Å². The number of hydrogen-bond donors (Lipinski definition) is 2. The Morgan fingerprint density at radius 3 is 2.42 bits per heavy atom. The van der Waals surface area contributed by atoms with Crippen molar-refractivity contribution in [2.24, 2.45) is 5.73 Å². The van der Waals surface area contributed by atoms with Gasteiger partial charge in [-0.2, -0.15) is 0 Å². The Hall–Kier alpha value is -1.10. The van der Waals surface area contributed by atoms with Gasteiger partial charge in [0.15, 0.2) is 0 Å². The van der Waals surface area contributed by atoms with E-state index in [2.05, 4.69) is 17.0 Å². The van der Waals surface area contributed by atoms with Crippen LogP contribution in [0.25, 0.3) is 0 Å². The maximum atomic E-state index is 10.5. The molecule has 1 aromatic carbocycles. The summed E-state index contributed by atoms with van der Waals surface area (Å²) in [5, 5.41) is 10.5. The van der Waals surface area contributed by atoms with Crippen molar-refractivity contribution < 1.29 is 9.84 Å². The Labute approximate surface area is 115 Å². The summed E-state index contributed by atoms with van der Waals surface area (Å²) in [6.45, 7) is 3.90. The molecule has 1 fully saturated rings. The summed E-state index contributed by atoms with van der Waals surface area (Å²) < 4.78 is 5.30. The second kappa shape index (κ2) is 5.90. The van der Waals surface area contributed by atoms with Crippen LogP contribution in [0.3, 0.4) is 0 Å². The Kier molecular flexibility index (Phi) is 4.45. The van der Waals surface area contributed by atoms with Gasteiger partial charge in [-0.25, -0.2) is 0 Å². The van der Waals surface area contributed by atoms with Crippen LogP contribution in [0.5, 0.6) is 0 Å². The Morgan fingerprint density at radius 2 is 1.89 bits per heavy atom. The van der Waals surface area contributed by atoms with E-state index in [0.29, 0.717) is 32.6 Å². The van der Waals surface area contributed by atoms with Crippen LogP contribution >= 0.6 is 0 Å². The van der Waals surface area contributed by atoms with Gasteiger partial charge < -0.3 is 20.5 Å². The third kappa shape index (κ3) is 3.69. The molecule has 4 heteroatoms. The number of anilines is 1. The van der Waals surface area contributed by atoms with Crippen LogP contribution in [0, 0.1) is 0 Å². The highest BCUT2D eigenvalue weighted by Crippen LogP contribution is 2.24. The SMILES string of the molecule is C[C@@H](N)c1ccc(N(C)CC2(O)CCOCC2)cc1. The first-order chi connectivity index (χ1) is 9.00. The maximum absolute atomic E-state index is 10.5. The summed E-state index contributed by atoms with van der Waals surface area (Å²) >= 11 is 0. The summed E-state index contributed by atoms with van der Waals surface area (Å²) in [6, 6.07) is 8.26. The van der Waals surface area contributed by atoms with Gasteiger partial charge in [0.2, 0.25) is 0 Å². The number of nitrogens with two attached hydrogens (primary N) is 1. The standard InChI is InChI=1S/C15H24N2O2/c1-12(16)13-3-5-14(6-4-13)17(2)11-15(18)7-9-19-10-8-15/h3-6,12,18H,7-11,16H2,1-2H3/t12-/m1/s1. The Bertz CT molecular complexity index is 397. The topological polar surface area (TPSA) is 58.7 Å². The number of benzene rings is 1. The van der Waals surface area contributed by atoms with Gasteiger partial charge in [0.25, 0.3) is 0 Å². The molecule has 3 N–H and O–H groups in total. The first kappa shape index (κ1) is 14.3. The van der Waals surface area contributed by atoms with Gasteiger partial charge in [0.05, 0.1) is 5.60 Å². The van der Waals surface area contributed by atoms with Crippen molar-refractivity contribution in [1.82, 2.24) is 0 Å². The Balaban J connectivity index is 2.00. The predicted octanol–water partition coefficient (Wildman–Crippen LogP) is 1.68. The van der Waals surface area contributed by atoms with Crippen molar-refractivity contribution in [3.05, 3.63) is 29.8 Å². The molecular weight excluding hydrogens is 240 g/mol. The van der Waals surface area contributed by atoms with E-state index in [1.807, 2.05) is 26.1 Å². The first-order valence-electron chi connectivity index (χ1n) is 6.87. The molecule has 0 radical (unpaired) electrons. The fraction of sp³-hybridized carbons (Fsp3) is 0.600. The predicted molar refractivity (Wildman–Crippen MR) is 77.3 cm³/mol. The molecule has 0 bridgehead atoms. The van der Waals surface area contributed by atoms with Crippen molar-refractivity contribution in [3.63, 3.8) is 0 Å². The summed E-state index contributed by atoms with van der Waals surface area (Å²) in [6.07, 6.45) is 1.41. The average molecular weight is 264 g/mol. The number of aliphatic hydroxyl groups is 1. The zero-order chi connectivity index (χ0) is 13.9. The van der Waals surface area contributed by atoms with E-state index in [9.17, 15) is 5.11 Å². The minimum Gasteiger partial charge on any atom is -0.388 e. The molecule has 0 aliphatic carbocycles. The van der Waals surface area contributed by atoms with E-state index < -0.39 is 5.60 Å². The molecule has 1 aliphatic rings. The zero-order valence-electron chi connectivity index (χ0n) is 11.8. The molecule has 1 aliphatic heterocycles. The van der Waals surface area contributed by atoms with E-state index in [4.69, 9.17) is 10.5 Å². The fourth-order valence-corrected chi connectivity index (χ4v) is 2.47. The monoisotopic (exact) mass is 264 g/mol. The summed E-state index contributed by atoms with van der Waals surface area (Å²) in [5.74, 6) is 0. The highest BCUT2D eigenvalue weighted by Gasteiger charge is 2.31. The van der Waals surface area contributed by atoms with E-state index in [1.165, 1.54) is 0 Å². The molecule has 106 valence electrons. The van der Waals surface area contributed by atoms with Crippen molar-refractivity contribution >= 4 is 5.69 Å². The van der Waals surface area contributed by atoms with E-state index in [1.54, 1.807) is 0 Å². The quantitative estimate of drug-likeness (QED) is 0.869. The highest BCUT2D eigenvalue weighted by molar-refractivity contribution is 5.47. The van der Waals surface area contributed by atoms with Crippen LogP contribution in [-0.4, -0.2) is 37.5 Å². The van der Waals surface area contributed by atoms with E-state index >= 15 is 0 Å². The molecule has 1 atom stereocenters. The van der Waals surface area contributed by atoms with Gasteiger partial charge in [-0.05, 0) is 24.6 Å². The molecule has 0 amide bonds. The average Bonchev–Trinajstić information content (AvgIpc) is 2.39. The molecular formula is C15H24N2O2. The Morgan fingerprint density at radius 1 is 1.32 bits per heavy atom. The molecule has 1 heterocycles. The molecule has 2 rings (SSSR count). The third-order valence-corrected chi connectivity index (χ3v) is 3.81. The number of likely N-dealkylation sites (N-methyl/N-ethyl adjacent to an activating group) is 1. The maximum Gasteiger partial charge on any atom is 0.0865 e. The van der Waals surface area contributed by atoms with Crippen LogP contribution in [0.1, 0.15) is 31.4 Å². The lowest BCUT2D eigenvalue weighted by molar-refractivity contribution is -0.0572. The largest absolute Gasteiger partial charge is 0.388 e. The van der Waals surface area contributed by atoms with Gasteiger partial charge in [-0.15, -0.1) is 0 Å². The highest BCUT2D eigenvalue weighted by atomic mass is 16.5. The van der Waals surface area contributed by atoms with Gasteiger partial charge in [0.1, 0.15) is 0 Å². The lowest BCUT2D eigenvalue weighted by atomic mass is 9.93. The molecule has 0 aromatic heterocycles. The number of hydrogen-bond acceptors (Lipinski definition) is 4. The molecule has 0 saturated carbocycles. The van der Waals surface area contributed by atoms with Crippen molar-refractivity contribution in [2.45, 2.75) is 31.4 Å². The van der Waals surface area contributed by atoms with E-state index in [-0.39, 0.29) is 6.04 Å². The molecule has 0 spiro atoms. The number of rotatable bonds is 4. The molecule has 1 aromatic rings. The lowest BCUT2D eigenvalue weighted by Gasteiger charge is -2.36. The smallest absolute Gasteiger partial charge is 0.0865 e. The van der Waals surface area contributed by atoms with Crippen molar-refractivity contribution in [1.29, 1.82) is 0 Å². The van der Waals surface area contributed by atoms with Crippen molar-refractivity contribution in [2.75, 3.05) is 31.7 Å². The van der Waals surface area contributed by atoms with Gasteiger partial charge in [0, 0.05) is 51.4 Å². The summed E-state index contributed by atoms with van der Waals surface area (Å²) in [4.78, 5) is 2.09. The number of nitrogens with zero attached hydrogens (tertiary/aromatic N) is 1. The minimum atomic E-state index is -0.632. The minimum absolute atomic E-state index is 0.0547. The fourth-order valence-electron chi connectivity index (χ4n) is 2.47. The molecule has 1 saturated heterocycles. The summed E-state index contributed by atoms with van der Waals surface area (Å²) in [5.41, 5.74) is 7.44. The third-order valence-electron chi connectivity index (χ3n) is 3.81. The second-order valence-corrected chi connectivity index (χ2v) is 5.57. The molecule has 4 nitrogen and oxygen atoms in total. The number of ether oxygens (including phenoxy) is 1. The normalized spacial score (nSPS) is 20.0. The van der Waals surface area contributed by atoms with Crippen LogP contribution in [0.4, 0.5) is 5.69 Å². The van der Waals surface area contributed by atoms with Crippen LogP contribution in [-0.2, 0) is 4.74 Å². The first-order valence-corrected chi connectivity index (χ1v) is 6.87. The van der Waals surface area contributed by atoms with Gasteiger partial charge in [-0.3, -0.25) is 0 Å². The summed E-state index contributed by atoms with van der Waals surface area (Å²) in [7, 11) is 2.01. The lowest BCUT2D eigenvalue weighted by Crippen LogP contribution is -2.45. The van der Waals surface area contributed by atoms with Crippen LogP contribution < -0.4 is 10.6 Å².